The Balaban J connectivity index is 2.13. The Bertz CT molecular complexity index is 251. The van der Waals surface area contributed by atoms with Crippen LogP contribution in [0.2, 0.25) is 0 Å². The van der Waals surface area contributed by atoms with Crippen molar-refractivity contribution in [1.82, 2.24) is 4.98 Å². The smallest absolute Gasteiger partial charge is 0.0552 e. The molecule has 0 unspecified atom stereocenters. The van der Waals surface area contributed by atoms with Crippen molar-refractivity contribution in [3.63, 3.8) is 0 Å². The minimum atomic E-state index is 0.528. The highest BCUT2D eigenvalue weighted by atomic mass is 15.2. The standard InChI is InChI=1S/C9H13N3/c10-6-8-2-3-9(7-11-8)12-4-1-5-12/h2-3,7H,1,4-6,10H2. The number of nitrogens with two attached hydrogens (primary N) is 1. The van der Waals surface area contributed by atoms with Crippen LogP contribution in [0.4, 0.5) is 5.69 Å². The molecule has 12 heavy (non-hydrogen) atoms. The molecule has 0 radical (unpaired) electrons. The summed E-state index contributed by atoms with van der Waals surface area (Å²) in [7, 11) is 0. The second-order valence-corrected chi connectivity index (χ2v) is 3.05. The van der Waals surface area contributed by atoms with E-state index >= 15 is 0 Å². The number of anilines is 1. The number of pyridine rings is 1. The highest BCUT2D eigenvalue weighted by Gasteiger charge is 2.13. The van der Waals surface area contributed by atoms with Gasteiger partial charge in [-0.15, -0.1) is 0 Å². The first-order chi connectivity index (χ1) is 5.90. The summed E-state index contributed by atoms with van der Waals surface area (Å²) in [6.07, 6.45) is 3.21. The van der Waals surface area contributed by atoms with Crippen LogP contribution in [0.1, 0.15) is 12.1 Å². The normalized spacial score (nSPS) is 15.9. The van der Waals surface area contributed by atoms with Gasteiger partial charge in [0.1, 0.15) is 0 Å². The van der Waals surface area contributed by atoms with Crippen LogP contribution in [0.5, 0.6) is 0 Å². The van der Waals surface area contributed by atoms with Crippen LogP contribution in [-0.2, 0) is 6.54 Å². The minimum Gasteiger partial charge on any atom is -0.370 e. The lowest BCUT2D eigenvalue weighted by Crippen LogP contribution is -2.37. The van der Waals surface area contributed by atoms with Gasteiger partial charge < -0.3 is 10.6 Å². The lowest BCUT2D eigenvalue weighted by molar-refractivity contribution is 0.616. The van der Waals surface area contributed by atoms with E-state index in [1.165, 1.54) is 25.2 Å². The first kappa shape index (κ1) is 7.55. The van der Waals surface area contributed by atoms with Gasteiger partial charge in [0.05, 0.1) is 17.6 Å². The molecule has 1 aromatic heterocycles. The predicted molar refractivity (Wildman–Crippen MR) is 49.0 cm³/mol. The molecular weight excluding hydrogens is 150 g/mol. The van der Waals surface area contributed by atoms with Gasteiger partial charge in [-0.2, -0.15) is 0 Å². The van der Waals surface area contributed by atoms with E-state index < -0.39 is 0 Å². The van der Waals surface area contributed by atoms with Crippen LogP contribution in [0.15, 0.2) is 18.3 Å². The Morgan fingerprint density at radius 3 is 2.67 bits per heavy atom. The third-order valence-corrected chi connectivity index (χ3v) is 2.24. The molecule has 3 nitrogen and oxygen atoms in total. The number of nitrogens with zero attached hydrogens (tertiary/aromatic N) is 2. The minimum absolute atomic E-state index is 0.528. The summed E-state index contributed by atoms with van der Waals surface area (Å²) in [6.45, 7) is 2.87. The van der Waals surface area contributed by atoms with E-state index in [2.05, 4.69) is 16.0 Å². The van der Waals surface area contributed by atoms with Gasteiger partial charge in [-0.3, -0.25) is 4.98 Å². The summed E-state index contributed by atoms with van der Waals surface area (Å²) in [6, 6.07) is 4.09. The monoisotopic (exact) mass is 163 g/mol. The largest absolute Gasteiger partial charge is 0.370 e. The molecule has 1 aromatic rings. The molecule has 1 aliphatic heterocycles. The molecule has 2 heterocycles. The van der Waals surface area contributed by atoms with Gasteiger partial charge in [0.2, 0.25) is 0 Å². The predicted octanol–water partition coefficient (Wildman–Crippen LogP) is 0.750. The van der Waals surface area contributed by atoms with Gasteiger partial charge in [-0.05, 0) is 18.6 Å². The van der Waals surface area contributed by atoms with Gasteiger partial charge in [0.25, 0.3) is 0 Å². The topological polar surface area (TPSA) is 42.1 Å². The van der Waals surface area contributed by atoms with E-state index in [-0.39, 0.29) is 0 Å². The van der Waals surface area contributed by atoms with Crippen molar-refractivity contribution in [3.05, 3.63) is 24.0 Å². The lowest BCUT2D eigenvalue weighted by Gasteiger charge is -2.32. The van der Waals surface area contributed by atoms with Gasteiger partial charge in [-0.1, -0.05) is 0 Å². The summed E-state index contributed by atoms with van der Waals surface area (Å²) in [5.41, 5.74) is 7.62. The first-order valence-corrected chi connectivity index (χ1v) is 4.30. The van der Waals surface area contributed by atoms with E-state index in [4.69, 9.17) is 5.73 Å². The summed E-state index contributed by atoms with van der Waals surface area (Å²) in [4.78, 5) is 6.55. The highest BCUT2D eigenvalue weighted by Crippen LogP contribution is 2.18. The van der Waals surface area contributed by atoms with E-state index in [9.17, 15) is 0 Å². The van der Waals surface area contributed by atoms with Gasteiger partial charge in [0, 0.05) is 19.6 Å². The van der Waals surface area contributed by atoms with E-state index in [1.54, 1.807) is 0 Å². The second kappa shape index (κ2) is 3.11. The van der Waals surface area contributed by atoms with Crippen molar-refractivity contribution in [3.8, 4) is 0 Å². The zero-order valence-electron chi connectivity index (χ0n) is 7.03. The Kier molecular flexibility index (Phi) is 1.96. The Hall–Kier alpha value is -1.09. The van der Waals surface area contributed by atoms with Gasteiger partial charge in [-0.25, -0.2) is 0 Å². The molecule has 1 saturated heterocycles. The molecular formula is C9H13N3. The Morgan fingerprint density at radius 1 is 1.42 bits per heavy atom. The van der Waals surface area contributed by atoms with Crippen molar-refractivity contribution in [2.24, 2.45) is 5.73 Å². The van der Waals surface area contributed by atoms with Crippen molar-refractivity contribution < 1.29 is 0 Å². The molecule has 0 aliphatic carbocycles. The molecule has 0 atom stereocenters. The van der Waals surface area contributed by atoms with Crippen LogP contribution in [0, 0.1) is 0 Å². The number of hydrogen-bond donors (Lipinski definition) is 1. The molecule has 64 valence electrons. The summed E-state index contributed by atoms with van der Waals surface area (Å²) >= 11 is 0. The first-order valence-electron chi connectivity index (χ1n) is 4.30. The molecule has 1 aliphatic rings. The van der Waals surface area contributed by atoms with E-state index in [0.717, 1.165) is 5.69 Å². The second-order valence-electron chi connectivity index (χ2n) is 3.05. The molecule has 0 amide bonds. The molecule has 3 heteroatoms. The maximum Gasteiger partial charge on any atom is 0.0552 e. The molecule has 0 aromatic carbocycles. The number of hydrogen-bond acceptors (Lipinski definition) is 3. The zero-order chi connectivity index (χ0) is 8.39. The van der Waals surface area contributed by atoms with Crippen LogP contribution in [0.25, 0.3) is 0 Å². The van der Waals surface area contributed by atoms with Crippen molar-refractivity contribution in [2.45, 2.75) is 13.0 Å². The summed E-state index contributed by atoms with van der Waals surface area (Å²) in [5.74, 6) is 0. The van der Waals surface area contributed by atoms with Crippen molar-refractivity contribution in [2.75, 3.05) is 18.0 Å². The number of rotatable bonds is 2. The van der Waals surface area contributed by atoms with Crippen LogP contribution < -0.4 is 10.6 Å². The molecule has 0 bridgehead atoms. The van der Waals surface area contributed by atoms with Crippen LogP contribution >= 0.6 is 0 Å². The highest BCUT2D eigenvalue weighted by molar-refractivity contribution is 5.46. The molecule has 1 fully saturated rings. The third kappa shape index (κ3) is 1.28. The molecule has 0 saturated carbocycles. The Labute approximate surface area is 72.2 Å². The Morgan fingerprint density at radius 2 is 2.25 bits per heavy atom. The van der Waals surface area contributed by atoms with Crippen molar-refractivity contribution >= 4 is 5.69 Å². The molecule has 0 spiro atoms. The maximum absolute atomic E-state index is 5.45. The lowest BCUT2D eigenvalue weighted by atomic mass is 10.2. The van der Waals surface area contributed by atoms with Crippen LogP contribution in [-0.4, -0.2) is 18.1 Å². The van der Waals surface area contributed by atoms with E-state index in [0.29, 0.717) is 6.54 Å². The fourth-order valence-electron chi connectivity index (χ4n) is 1.30. The van der Waals surface area contributed by atoms with Gasteiger partial charge >= 0.3 is 0 Å². The molecule has 2 rings (SSSR count). The van der Waals surface area contributed by atoms with Crippen LogP contribution in [0.3, 0.4) is 0 Å². The quantitative estimate of drug-likeness (QED) is 0.699. The SMILES string of the molecule is NCc1ccc(N2CCC2)cn1. The summed E-state index contributed by atoms with van der Waals surface area (Å²) < 4.78 is 0. The summed E-state index contributed by atoms with van der Waals surface area (Å²) in [5, 5.41) is 0. The number of aromatic nitrogens is 1. The van der Waals surface area contributed by atoms with Crippen molar-refractivity contribution in [1.29, 1.82) is 0 Å². The van der Waals surface area contributed by atoms with E-state index in [1.807, 2.05) is 12.3 Å². The fraction of sp³-hybridized carbons (Fsp3) is 0.444. The average Bonchev–Trinajstić information content (AvgIpc) is 2.03. The van der Waals surface area contributed by atoms with Gasteiger partial charge in [0.15, 0.2) is 0 Å². The fourth-order valence-corrected chi connectivity index (χ4v) is 1.30. The zero-order valence-corrected chi connectivity index (χ0v) is 7.03. The maximum atomic E-state index is 5.45. The third-order valence-electron chi connectivity index (χ3n) is 2.24. The average molecular weight is 163 g/mol. The molecule has 2 N–H and O–H groups in total.